The summed E-state index contributed by atoms with van der Waals surface area (Å²) in [4.78, 5) is 23.8. The Kier molecular flexibility index (Phi) is 3.01. The Morgan fingerprint density at radius 3 is 2.58 bits per heavy atom. The molecule has 0 radical (unpaired) electrons. The molecule has 4 heteroatoms. The molecule has 3 atom stereocenters. The van der Waals surface area contributed by atoms with E-state index in [9.17, 15) is 9.59 Å². The number of amides is 2. The Morgan fingerprint density at radius 1 is 1.26 bits per heavy atom. The second kappa shape index (κ2) is 4.68. The fourth-order valence-electron chi connectivity index (χ4n) is 2.61. The Labute approximate surface area is 112 Å². The van der Waals surface area contributed by atoms with Crippen LogP contribution in [0.3, 0.4) is 0 Å². The molecule has 100 valence electrons. The molecule has 0 aromatic heterocycles. The zero-order valence-electron chi connectivity index (χ0n) is 10.9. The second-order valence-electron chi connectivity index (χ2n) is 5.49. The van der Waals surface area contributed by atoms with Crippen LogP contribution in [-0.2, 0) is 9.59 Å². The predicted octanol–water partition coefficient (Wildman–Crippen LogP) is 1.39. The lowest BCUT2D eigenvalue weighted by molar-refractivity contribution is -0.124. The van der Waals surface area contributed by atoms with Crippen LogP contribution in [0.5, 0.6) is 0 Å². The highest BCUT2D eigenvalue weighted by atomic mass is 16.2. The lowest BCUT2D eigenvalue weighted by Gasteiger charge is -2.22. The Balaban J connectivity index is 1.80. The SMILES string of the molecule is C[C@@H]1C(=O)N[C@H](c2ccccc2)[C@H]1NC(=O)C1CC1. The summed E-state index contributed by atoms with van der Waals surface area (Å²) in [6, 6.07) is 9.54. The first-order valence-electron chi connectivity index (χ1n) is 6.82. The van der Waals surface area contributed by atoms with Crippen LogP contribution < -0.4 is 10.6 Å². The third kappa shape index (κ3) is 2.35. The summed E-state index contributed by atoms with van der Waals surface area (Å²) < 4.78 is 0. The molecule has 1 saturated carbocycles. The summed E-state index contributed by atoms with van der Waals surface area (Å²) in [6.07, 6.45) is 1.95. The molecule has 1 heterocycles. The first-order chi connectivity index (χ1) is 9.16. The molecular weight excluding hydrogens is 240 g/mol. The van der Waals surface area contributed by atoms with Crippen LogP contribution >= 0.6 is 0 Å². The number of benzene rings is 1. The minimum atomic E-state index is -0.187. The van der Waals surface area contributed by atoms with Gasteiger partial charge in [0.05, 0.1) is 18.0 Å². The Bertz CT molecular complexity index is 496. The van der Waals surface area contributed by atoms with Gasteiger partial charge in [-0.1, -0.05) is 37.3 Å². The Morgan fingerprint density at radius 2 is 1.95 bits per heavy atom. The van der Waals surface area contributed by atoms with Crippen LogP contribution in [0.4, 0.5) is 0 Å². The van der Waals surface area contributed by atoms with Gasteiger partial charge in [0, 0.05) is 5.92 Å². The fourth-order valence-corrected chi connectivity index (χ4v) is 2.61. The van der Waals surface area contributed by atoms with Gasteiger partial charge in [0.2, 0.25) is 11.8 Å². The number of rotatable bonds is 3. The number of carbonyl (C=O) groups excluding carboxylic acids is 2. The number of hydrogen-bond acceptors (Lipinski definition) is 2. The van der Waals surface area contributed by atoms with Gasteiger partial charge < -0.3 is 10.6 Å². The largest absolute Gasteiger partial charge is 0.350 e. The maximum atomic E-state index is 11.9. The van der Waals surface area contributed by atoms with E-state index >= 15 is 0 Å². The van der Waals surface area contributed by atoms with E-state index in [-0.39, 0.29) is 35.7 Å². The lowest BCUT2D eigenvalue weighted by Crippen LogP contribution is -2.42. The van der Waals surface area contributed by atoms with Crippen LogP contribution in [0.1, 0.15) is 31.4 Å². The van der Waals surface area contributed by atoms with Crippen molar-refractivity contribution in [3.63, 3.8) is 0 Å². The van der Waals surface area contributed by atoms with E-state index in [2.05, 4.69) is 10.6 Å². The maximum Gasteiger partial charge on any atom is 0.225 e. The first-order valence-corrected chi connectivity index (χ1v) is 6.82. The molecule has 2 aliphatic rings. The number of hydrogen-bond donors (Lipinski definition) is 2. The van der Waals surface area contributed by atoms with Crippen molar-refractivity contribution in [2.75, 3.05) is 0 Å². The van der Waals surface area contributed by atoms with Crippen molar-refractivity contribution >= 4 is 11.8 Å². The zero-order chi connectivity index (χ0) is 13.4. The second-order valence-corrected chi connectivity index (χ2v) is 5.49. The normalized spacial score (nSPS) is 29.9. The van der Waals surface area contributed by atoms with Crippen LogP contribution in [0.15, 0.2) is 30.3 Å². The first kappa shape index (κ1) is 12.2. The molecule has 19 heavy (non-hydrogen) atoms. The molecule has 2 amide bonds. The zero-order valence-corrected chi connectivity index (χ0v) is 10.9. The summed E-state index contributed by atoms with van der Waals surface area (Å²) in [5, 5.41) is 6.03. The van der Waals surface area contributed by atoms with Crippen molar-refractivity contribution in [2.24, 2.45) is 11.8 Å². The molecule has 1 aliphatic heterocycles. The molecule has 0 bridgehead atoms. The van der Waals surface area contributed by atoms with Gasteiger partial charge in [0.1, 0.15) is 0 Å². The lowest BCUT2D eigenvalue weighted by atomic mass is 9.94. The summed E-state index contributed by atoms with van der Waals surface area (Å²) in [6.45, 7) is 1.87. The van der Waals surface area contributed by atoms with Crippen molar-refractivity contribution in [3.05, 3.63) is 35.9 Å². The van der Waals surface area contributed by atoms with E-state index in [1.54, 1.807) is 0 Å². The molecule has 1 saturated heterocycles. The number of nitrogens with one attached hydrogen (secondary N) is 2. The van der Waals surface area contributed by atoms with Gasteiger partial charge in [0.15, 0.2) is 0 Å². The number of carbonyl (C=O) groups is 2. The van der Waals surface area contributed by atoms with E-state index < -0.39 is 0 Å². The highest BCUT2D eigenvalue weighted by Gasteiger charge is 2.42. The molecular formula is C15H18N2O2. The van der Waals surface area contributed by atoms with E-state index in [1.807, 2.05) is 37.3 Å². The quantitative estimate of drug-likeness (QED) is 0.860. The molecule has 0 unspecified atom stereocenters. The maximum absolute atomic E-state index is 11.9. The van der Waals surface area contributed by atoms with Gasteiger partial charge >= 0.3 is 0 Å². The summed E-state index contributed by atoms with van der Waals surface area (Å²) >= 11 is 0. The smallest absolute Gasteiger partial charge is 0.225 e. The molecule has 1 aromatic carbocycles. The predicted molar refractivity (Wildman–Crippen MR) is 71.1 cm³/mol. The van der Waals surface area contributed by atoms with Gasteiger partial charge in [-0.2, -0.15) is 0 Å². The standard InChI is InChI=1S/C15H18N2O2/c1-9-12(16-15(19)11-7-8-11)13(17-14(9)18)10-5-3-2-4-6-10/h2-6,9,11-13H,7-8H2,1H3,(H,16,19)(H,17,18)/t9-,12-,13+/m0/s1. The Hall–Kier alpha value is -1.84. The third-order valence-corrected chi connectivity index (χ3v) is 4.02. The summed E-state index contributed by atoms with van der Waals surface area (Å²) in [7, 11) is 0. The molecule has 3 rings (SSSR count). The van der Waals surface area contributed by atoms with E-state index in [0.29, 0.717) is 0 Å². The topological polar surface area (TPSA) is 58.2 Å². The molecule has 4 nitrogen and oxygen atoms in total. The monoisotopic (exact) mass is 258 g/mol. The van der Waals surface area contributed by atoms with Gasteiger partial charge in [-0.15, -0.1) is 0 Å². The van der Waals surface area contributed by atoms with Gasteiger partial charge in [-0.3, -0.25) is 9.59 Å². The van der Waals surface area contributed by atoms with Crippen molar-refractivity contribution in [2.45, 2.75) is 31.8 Å². The van der Waals surface area contributed by atoms with Crippen molar-refractivity contribution < 1.29 is 9.59 Å². The van der Waals surface area contributed by atoms with E-state index in [4.69, 9.17) is 0 Å². The van der Waals surface area contributed by atoms with Crippen LogP contribution in [0.25, 0.3) is 0 Å². The summed E-state index contributed by atoms with van der Waals surface area (Å²) in [5.41, 5.74) is 1.04. The molecule has 1 aliphatic carbocycles. The highest BCUT2D eigenvalue weighted by molar-refractivity contribution is 5.86. The molecule has 2 N–H and O–H groups in total. The van der Waals surface area contributed by atoms with Gasteiger partial charge in [-0.25, -0.2) is 0 Å². The van der Waals surface area contributed by atoms with Crippen LogP contribution in [-0.4, -0.2) is 17.9 Å². The molecule has 2 fully saturated rings. The fraction of sp³-hybridized carbons (Fsp3) is 0.467. The average Bonchev–Trinajstić information content (AvgIpc) is 3.23. The minimum Gasteiger partial charge on any atom is -0.350 e. The van der Waals surface area contributed by atoms with Crippen molar-refractivity contribution in [1.82, 2.24) is 10.6 Å². The van der Waals surface area contributed by atoms with Gasteiger partial charge in [0.25, 0.3) is 0 Å². The van der Waals surface area contributed by atoms with Crippen LogP contribution in [0.2, 0.25) is 0 Å². The minimum absolute atomic E-state index is 0.00921. The molecule has 1 aromatic rings. The van der Waals surface area contributed by atoms with Crippen LogP contribution in [0, 0.1) is 11.8 Å². The van der Waals surface area contributed by atoms with Crippen molar-refractivity contribution in [3.8, 4) is 0 Å². The average molecular weight is 258 g/mol. The van der Waals surface area contributed by atoms with E-state index in [1.165, 1.54) is 0 Å². The third-order valence-electron chi connectivity index (χ3n) is 4.02. The molecule has 0 spiro atoms. The highest BCUT2D eigenvalue weighted by Crippen LogP contribution is 2.32. The van der Waals surface area contributed by atoms with Gasteiger partial charge in [-0.05, 0) is 18.4 Å². The summed E-state index contributed by atoms with van der Waals surface area (Å²) in [5.74, 6) is 0.0801. The van der Waals surface area contributed by atoms with Crippen molar-refractivity contribution in [1.29, 1.82) is 0 Å². The van der Waals surface area contributed by atoms with E-state index in [0.717, 1.165) is 18.4 Å².